The number of benzene rings is 2. The molecule has 2 aromatic carbocycles. The van der Waals surface area contributed by atoms with Crippen molar-refractivity contribution in [3.05, 3.63) is 58.7 Å². The van der Waals surface area contributed by atoms with Crippen LogP contribution in [0.2, 0.25) is 0 Å². The fourth-order valence-corrected chi connectivity index (χ4v) is 6.33. The first-order chi connectivity index (χ1) is 14.6. The molecule has 0 bridgehead atoms. The van der Waals surface area contributed by atoms with Crippen molar-refractivity contribution in [1.29, 1.82) is 0 Å². The lowest BCUT2D eigenvalue weighted by Gasteiger charge is -2.26. The maximum Gasteiger partial charge on any atom is 0.313 e. The maximum atomic E-state index is 13.4. The summed E-state index contributed by atoms with van der Waals surface area (Å²) in [5.74, 6) is -1.56. The molecule has 1 saturated heterocycles. The first-order valence-corrected chi connectivity index (χ1v) is 11.8. The molecule has 0 aliphatic carbocycles. The standard InChI is InChI=1S/C23H29N3O4S/c1-15-7-5-8-19(13-15)25-23(28)22(27)24-14-20-9-6-10-26(20)31(29,30)21-17(3)11-16(2)12-18(21)4/h5,7-8,11-13,20H,6,9-10,14H2,1-4H3,(H,24,27)(H,25,28). The molecule has 0 aromatic heterocycles. The molecule has 2 amide bonds. The number of hydrogen-bond donors (Lipinski definition) is 2. The second-order valence-electron chi connectivity index (χ2n) is 8.17. The van der Waals surface area contributed by atoms with Gasteiger partial charge >= 0.3 is 11.8 Å². The van der Waals surface area contributed by atoms with Gasteiger partial charge in [0, 0.05) is 24.8 Å². The van der Waals surface area contributed by atoms with Gasteiger partial charge in [-0.3, -0.25) is 9.59 Å². The molecule has 0 radical (unpaired) electrons. The molecule has 1 aliphatic heterocycles. The predicted octanol–water partition coefficient (Wildman–Crippen LogP) is 2.83. The number of nitrogens with one attached hydrogen (secondary N) is 2. The third-order valence-electron chi connectivity index (χ3n) is 5.47. The number of carbonyl (C=O) groups excluding carboxylic acids is 2. The number of hydrogen-bond acceptors (Lipinski definition) is 4. The number of aryl methyl sites for hydroxylation is 4. The molecular weight excluding hydrogens is 414 g/mol. The molecule has 2 N–H and O–H groups in total. The molecule has 1 unspecified atom stereocenters. The van der Waals surface area contributed by atoms with Gasteiger partial charge in [0.1, 0.15) is 0 Å². The van der Waals surface area contributed by atoms with E-state index in [0.29, 0.717) is 41.1 Å². The lowest BCUT2D eigenvalue weighted by atomic mass is 10.1. The van der Waals surface area contributed by atoms with Crippen molar-refractivity contribution in [2.24, 2.45) is 0 Å². The first kappa shape index (κ1) is 23.0. The predicted molar refractivity (Wildman–Crippen MR) is 120 cm³/mol. The number of sulfonamides is 1. The van der Waals surface area contributed by atoms with E-state index in [1.54, 1.807) is 32.0 Å². The van der Waals surface area contributed by atoms with Crippen molar-refractivity contribution in [2.75, 3.05) is 18.4 Å². The van der Waals surface area contributed by atoms with Crippen molar-refractivity contribution >= 4 is 27.5 Å². The van der Waals surface area contributed by atoms with E-state index in [2.05, 4.69) is 10.6 Å². The summed E-state index contributed by atoms with van der Waals surface area (Å²) in [6.45, 7) is 7.91. The zero-order chi connectivity index (χ0) is 22.8. The monoisotopic (exact) mass is 443 g/mol. The summed E-state index contributed by atoms with van der Waals surface area (Å²) >= 11 is 0. The number of carbonyl (C=O) groups is 2. The van der Waals surface area contributed by atoms with Crippen LogP contribution in [0, 0.1) is 27.7 Å². The molecule has 1 heterocycles. The largest absolute Gasteiger partial charge is 0.346 e. The van der Waals surface area contributed by atoms with Crippen LogP contribution in [0.4, 0.5) is 5.69 Å². The highest BCUT2D eigenvalue weighted by Gasteiger charge is 2.37. The van der Waals surface area contributed by atoms with Crippen molar-refractivity contribution in [3.8, 4) is 0 Å². The number of amides is 2. The van der Waals surface area contributed by atoms with Gasteiger partial charge in [0.2, 0.25) is 10.0 Å². The highest BCUT2D eigenvalue weighted by molar-refractivity contribution is 7.89. The third kappa shape index (κ3) is 5.14. The normalized spacial score (nSPS) is 16.8. The highest BCUT2D eigenvalue weighted by Crippen LogP contribution is 2.30. The minimum absolute atomic E-state index is 0.0866. The summed E-state index contributed by atoms with van der Waals surface area (Å²) in [6.07, 6.45) is 1.34. The van der Waals surface area contributed by atoms with Gasteiger partial charge in [-0.2, -0.15) is 4.31 Å². The van der Waals surface area contributed by atoms with Gasteiger partial charge in [0.15, 0.2) is 0 Å². The van der Waals surface area contributed by atoms with Crippen LogP contribution in [-0.4, -0.2) is 43.7 Å². The van der Waals surface area contributed by atoms with Crippen LogP contribution >= 0.6 is 0 Å². The topological polar surface area (TPSA) is 95.6 Å². The molecule has 1 atom stereocenters. The maximum absolute atomic E-state index is 13.4. The number of rotatable bonds is 5. The van der Waals surface area contributed by atoms with Gasteiger partial charge in [-0.25, -0.2) is 8.42 Å². The summed E-state index contributed by atoms with van der Waals surface area (Å²) in [5.41, 5.74) is 3.94. The van der Waals surface area contributed by atoms with Gasteiger partial charge in [-0.05, 0) is 69.4 Å². The van der Waals surface area contributed by atoms with Crippen LogP contribution in [-0.2, 0) is 19.6 Å². The SMILES string of the molecule is Cc1cccc(NC(=O)C(=O)NCC2CCCN2S(=O)(=O)c2c(C)cc(C)cc2C)c1. The smallest absolute Gasteiger partial charge is 0.313 e. The molecule has 1 fully saturated rings. The van der Waals surface area contributed by atoms with Gasteiger partial charge in [-0.15, -0.1) is 0 Å². The van der Waals surface area contributed by atoms with Gasteiger partial charge in [0.05, 0.1) is 4.90 Å². The highest BCUT2D eigenvalue weighted by atomic mass is 32.2. The Morgan fingerprint density at radius 2 is 1.68 bits per heavy atom. The molecule has 8 heteroatoms. The summed E-state index contributed by atoms with van der Waals surface area (Å²) in [7, 11) is -3.71. The second kappa shape index (κ2) is 9.20. The Morgan fingerprint density at radius 1 is 1.00 bits per heavy atom. The Kier molecular flexibility index (Phi) is 6.81. The number of anilines is 1. The van der Waals surface area contributed by atoms with Crippen LogP contribution in [0.1, 0.15) is 35.1 Å². The van der Waals surface area contributed by atoms with Gasteiger partial charge in [-0.1, -0.05) is 29.8 Å². The van der Waals surface area contributed by atoms with Gasteiger partial charge < -0.3 is 10.6 Å². The van der Waals surface area contributed by atoms with Crippen LogP contribution in [0.5, 0.6) is 0 Å². The molecule has 0 saturated carbocycles. The number of nitrogens with zero attached hydrogens (tertiary/aromatic N) is 1. The van der Waals surface area contributed by atoms with Crippen molar-refractivity contribution in [3.63, 3.8) is 0 Å². The third-order valence-corrected chi connectivity index (χ3v) is 7.73. The van der Waals surface area contributed by atoms with Crippen molar-refractivity contribution in [2.45, 2.75) is 51.5 Å². The Bertz CT molecular complexity index is 1090. The van der Waals surface area contributed by atoms with Crippen LogP contribution < -0.4 is 10.6 Å². The molecule has 1 aliphatic rings. The van der Waals surface area contributed by atoms with E-state index >= 15 is 0 Å². The van der Waals surface area contributed by atoms with Crippen LogP contribution in [0.15, 0.2) is 41.3 Å². The van der Waals surface area contributed by atoms with E-state index in [-0.39, 0.29) is 12.6 Å². The lowest BCUT2D eigenvalue weighted by Crippen LogP contribution is -2.45. The first-order valence-electron chi connectivity index (χ1n) is 10.3. The Labute approximate surface area is 183 Å². The molecule has 166 valence electrons. The van der Waals surface area contributed by atoms with E-state index in [9.17, 15) is 18.0 Å². The molecule has 3 rings (SSSR count). The van der Waals surface area contributed by atoms with Crippen LogP contribution in [0.3, 0.4) is 0 Å². The Morgan fingerprint density at radius 3 is 2.32 bits per heavy atom. The van der Waals surface area contributed by atoms with Crippen LogP contribution in [0.25, 0.3) is 0 Å². The van der Waals surface area contributed by atoms with E-state index < -0.39 is 21.8 Å². The molecule has 31 heavy (non-hydrogen) atoms. The lowest BCUT2D eigenvalue weighted by molar-refractivity contribution is -0.136. The van der Waals surface area contributed by atoms with Gasteiger partial charge in [0.25, 0.3) is 0 Å². The quantitative estimate of drug-likeness (QED) is 0.695. The molecule has 7 nitrogen and oxygen atoms in total. The Balaban J connectivity index is 1.68. The fourth-order valence-electron chi connectivity index (χ4n) is 4.22. The fraction of sp³-hybridized carbons (Fsp3) is 0.391. The van der Waals surface area contributed by atoms with Crippen molar-refractivity contribution in [1.82, 2.24) is 9.62 Å². The van der Waals surface area contributed by atoms with E-state index in [1.807, 2.05) is 32.0 Å². The average molecular weight is 444 g/mol. The zero-order valence-electron chi connectivity index (χ0n) is 18.4. The van der Waals surface area contributed by atoms with E-state index in [4.69, 9.17) is 0 Å². The zero-order valence-corrected chi connectivity index (χ0v) is 19.2. The van der Waals surface area contributed by atoms with E-state index in [1.165, 1.54) is 4.31 Å². The molecule has 0 spiro atoms. The molecule has 2 aromatic rings. The average Bonchev–Trinajstić information content (AvgIpc) is 3.14. The minimum atomic E-state index is -3.71. The Hall–Kier alpha value is -2.71. The van der Waals surface area contributed by atoms with Crippen molar-refractivity contribution < 1.29 is 18.0 Å². The summed E-state index contributed by atoms with van der Waals surface area (Å²) in [5, 5.41) is 5.16. The summed E-state index contributed by atoms with van der Waals surface area (Å²) < 4.78 is 28.2. The van der Waals surface area contributed by atoms with E-state index in [0.717, 1.165) is 11.1 Å². The second-order valence-corrected chi connectivity index (χ2v) is 10.0. The molecular formula is C23H29N3O4S. The summed E-state index contributed by atoms with van der Waals surface area (Å²) in [4.78, 5) is 24.8. The minimum Gasteiger partial charge on any atom is -0.346 e. The summed E-state index contributed by atoms with van der Waals surface area (Å²) in [6, 6.07) is 10.5.